The van der Waals surface area contributed by atoms with Crippen molar-refractivity contribution in [3.8, 4) is 0 Å². The van der Waals surface area contributed by atoms with E-state index >= 15 is 0 Å². The number of nitro benzene ring substituents is 1. The Labute approximate surface area is 150 Å². The smallest absolute Gasteiger partial charge is 0.269 e. The molecule has 0 fully saturated rings. The first-order chi connectivity index (χ1) is 12.1. The molecule has 0 bridgehead atoms. The molecule has 0 aliphatic heterocycles. The summed E-state index contributed by atoms with van der Waals surface area (Å²) in [6, 6.07) is 23.4. The maximum absolute atomic E-state index is 10.8. The SMILES string of the molecule is O=[N+]([O-])c1ccc(NC(=Nc2ccccc2S)c2ccccc2)cc1. The second-order valence-electron chi connectivity index (χ2n) is 5.24. The minimum absolute atomic E-state index is 0.0458. The number of benzene rings is 3. The van der Waals surface area contributed by atoms with Gasteiger partial charge < -0.3 is 5.32 Å². The molecular weight excluding hydrogens is 334 g/mol. The third kappa shape index (κ3) is 4.24. The topological polar surface area (TPSA) is 67.5 Å². The summed E-state index contributed by atoms with van der Waals surface area (Å²) in [5.41, 5.74) is 2.39. The zero-order valence-electron chi connectivity index (χ0n) is 13.2. The number of rotatable bonds is 4. The fraction of sp³-hybridized carbons (Fsp3) is 0. The molecule has 0 aliphatic carbocycles. The Morgan fingerprint density at radius 3 is 2.20 bits per heavy atom. The largest absolute Gasteiger partial charge is 0.340 e. The zero-order valence-corrected chi connectivity index (χ0v) is 14.1. The highest BCUT2D eigenvalue weighted by Gasteiger charge is 2.08. The first-order valence-corrected chi connectivity index (χ1v) is 8.02. The highest BCUT2D eigenvalue weighted by atomic mass is 32.1. The molecule has 0 aromatic heterocycles. The number of para-hydroxylation sites is 1. The van der Waals surface area contributed by atoms with E-state index in [4.69, 9.17) is 0 Å². The van der Waals surface area contributed by atoms with Crippen molar-refractivity contribution in [3.63, 3.8) is 0 Å². The van der Waals surface area contributed by atoms with Gasteiger partial charge in [-0.2, -0.15) is 0 Å². The van der Waals surface area contributed by atoms with Gasteiger partial charge in [-0.25, -0.2) is 4.99 Å². The maximum atomic E-state index is 10.8. The van der Waals surface area contributed by atoms with Gasteiger partial charge in [-0.15, -0.1) is 12.6 Å². The Balaban J connectivity index is 1.97. The van der Waals surface area contributed by atoms with Gasteiger partial charge in [0.15, 0.2) is 0 Å². The molecule has 1 N–H and O–H groups in total. The predicted octanol–water partition coefficient (Wildman–Crippen LogP) is 5.07. The van der Waals surface area contributed by atoms with E-state index < -0.39 is 4.92 Å². The van der Waals surface area contributed by atoms with E-state index in [1.807, 2.05) is 54.6 Å². The van der Waals surface area contributed by atoms with E-state index in [0.717, 1.165) is 16.1 Å². The van der Waals surface area contributed by atoms with Crippen molar-refractivity contribution in [2.75, 3.05) is 5.32 Å². The lowest BCUT2D eigenvalue weighted by atomic mass is 10.2. The van der Waals surface area contributed by atoms with Gasteiger partial charge in [0, 0.05) is 28.3 Å². The van der Waals surface area contributed by atoms with Crippen LogP contribution >= 0.6 is 12.6 Å². The summed E-state index contributed by atoms with van der Waals surface area (Å²) in [4.78, 5) is 15.8. The van der Waals surface area contributed by atoms with Crippen LogP contribution in [0.1, 0.15) is 5.56 Å². The summed E-state index contributed by atoms with van der Waals surface area (Å²) in [7, 11) is 0. The quantitative estimate of drug-likeness (QED) is 0.227. The van der Waals surface area contributed by atoms with Crippen molar-refractivity contribution in [3.05, 3.63) is 94.5 Å². The van der Waals surface area contributed by atoms with Gasteiger partial charge in [0.05, 0.1) is 10.6 Å². The fourth-order valence-electron chi connectivity index (χ4n) is 2.24. The Morgan fingerprint density at radius 2 is 1.56 bits per heavy atom. The van der Waals surface area contributed by atoms with Gasteiger partial charge >= 0.3 is 0 Å². The lowest BCUT2D eigenvalue weighted by molar-refractivity contribution is -0.384. The molecule has 124 valence electrons. The van der Waals surface area contributed by atoms with Gasteiger partial charge in [0.25, 0.3) is 5.69 Å². The Kier molecular flexibility index (Phi) is 5.11. The van der Waals surface area contributed by atoms with Crippen molar-refractivity contribution in [1.29, 1.82) is 0 Å². The van der Waals surface area contributed by atoms with Crippen LogP contribution < -0.4 is 5.32 Å². The molecule has 5 nitrogen and oxygen atoms in total. The van der Waals surface area contributed by atoms with Gasteiger partial charge in [-0.3, -0.25) is 10.1 Å². The minimum Gasteiger partial charge on any atom is -0.340 e. The molecule has 3 aromatic rings. The van der Waals surface area contributed by atoms with Crippen LogP contribution in [0.15, 0.2) is 88.8 Å². The number of nitrogens with one attached hydrogen (secondary N) is 1. The number of aliphatic imine (C=N–C) groups is 1. The minimum atomic E-state index is -0.423. The molecule has 0 radical (unpaired) electrons. The average molecular weight is 349 g/mol. The number of nitrogens with zero attached hydrogens (tertiary/aromatic N) is 2. The molecule has 0 unspecified atom stereocenters. The fourth-order valence-corrected chi connectivity index (χ4v) is 2.45. The van der Waals surface area contributed by atoms with Crippen LogP contribution in [0.4, 0.5) is 17.1 Å². The van der Waals surface area contributed by atoms with Crippen molar-refractivity contribution >= 4 is 35.5 Å². The molecule has 0 heterocycles. The van der Waals surface area contributed by atoms with Crippen LogP contribution in [0.25, 0.3) is 0 Å². The summed E-state index contributed by atoms with van der Waals surface area (Å²) in [5.74, 6) is 0.635. The molecule has 6 heteroatoms. The van der Waals surface area contributed by atoms with E-state index in [1.54, 1.807) is 12.1 Å². The Hall–Kier alpha value is -3.12. The van der Waals surface area contributed by atoms with E-state index in [1.165, 1.54) is 12.1 Å². The summed E-state index contributed by atoms with van der Waals surface area (Å²) in [6.45, 7) is 0. The van der Waals surface area contributed by atoms with Gasteiger partial charge in [-0.05, 0) is 24.3 Å². The number of nitro groups is 1. The second kappa shape index (κ2) is 7.63. The molecule has 0 saturated carbocycles. The summed E-state index contributed by atoms with van der Waals surface area (Å²) >= 11 is 4.44. The summed E-state index contributed by atoms with van der Waals surface area (Å²) in [5, 5.41) is 14.0. The van der Waals surface area contributed by atoms with Crippen molar-refractivity contribution < 1.29 is 4.92 Å². The molecular formula is C19H15N3O2S. The molecule has 3 rings (SSSR count). The Bertz CT molecular complexity index is 909. The number of hydrogen-bond acceptors (Lipinski definition) is 4. The number of non-ortho nitro benzene ring substituents is 1. The van der Waals surface area contributed by atoms with E-state index in [0.29, 0.717) is 11.5 Å². The first-order valence-electron chi connectivity index (χ1n) is 7.57. The standard InChI is InChI=1S/C19H15N3O2S/c23-22(24)16-12-10-15(11-13-16)20-19(14-6-2-1-3-7-14)21-17-8-4-5-9-18(17)25/h1-13,25H,(H,20,21). The molecule has 0 amide bonds. The van der Waals surface area contributed by atoms with Crippen LogP contribution in [-0.4, -0.2) is 10.8 Å². The van der Waals surface area contributed by atoms with Gasteiger partial charge in [0.2, 0.25) is 0 Å². The zero-order chi connectivity index (χ0) is 17.6. The lowest BCUT2D eigenvalue weighted by Crippen LogP contribution is -2.13. The number of thiol groups is 1. The predicted molar refractivity (Wildman–Crippen MR) is 103 cm³/mol. The van der Waals surface area contributed by atoms with E-state index in [2.05, 4.69) is 22.9 Å². The van der Waals surface area contributed by atoms with Crippen LogP contribution in [0.5, 0.6) is 0 Å². The molecule has 0 spiro atoms. The van der Waals surface area contributed by atoms with Crippen LogP contribution in [0, 0.1) is 10.1 Å². The van der Waals surface area contributed by atoms with E-state index in [9.17, 15) is 10.1 Å². The van der Waals surface area contributed by atoms with Gasteiger partial charge in [-0.1, -0.05) is 42.5 Å². The molecule has 3 aromatic carbocycles. The molecule has 0 atom stereocenters. The van der Waals surface area contributed by atoms with E-state index in [-0.39, 0.29) is 5.69 Å². The number of hydrogen-bond donors (Lipinski definition) is 2. The van der Waals surface area contributed by atoms with Crippen LogP contribution in [-0.2, 0) is 0 Å². The summed E-state index contributed by atoms with van der Waals surface area (Å²) < 4.78 is 0. The lowest BCUT2D eigenvalue weighted by Gasteiger charge is -2.11. The summed E-state index contributed by atoms with van der Waals surface area (Å²) in [6.07, 6.45) is 0. The van der Waals surface area contributed by atoms with Gasteiger partial charge in [0.1, 0.15) is 5.84 Å². The third-order valence-electron chi connectivity index (χ3n) is 3.50. The molecule has 25 heavy (non-hydrogen) atoms. The number of amidine groups is 1. The normalized spacial score (nSPS) is 11.2. The molecule has 0 saturated heterocycles. The first kappa shape index (κ1) is 16.7. The van der Waals surface area contributed by atoms with Crippen LogP contribution in [0.2, 0.25) is 0 Å². The van der Waals surface area contributed by atoms with Crippen LogP contribution in [0.3, 0.4) is 0 Å². The second-order valence-corrected chi connectivity index (χ2v) is 5.73. The maximum Gasteiger partial charge on any atom is 0.269 e. The highest BCUT2D eigenvalue weighted by molar-refractivity contribution is 7.80. The van der Waals surface area contributed by atoms with Crippen molar-refractivity contribution in [2.45, 2.75) is 4.90 Å². The van der Waals surface area contributed by atoms with Crippen molar-refractivity contribution in [1.82, 2.24) is 0 Å². The third-order valence-corrected chi connectivity index (χ3v) is 3.88. The highest BCUT2D eigenvalue weighted by Crippen LogP contribution is 2.24. The number of anilines is 1. The monoisotopic (exact) mass is 349 g/mol. The van der Waals surface area contributed by atoms with Crippen molar-refractivity contribution in [2.24, 2.45) is 4.99 Å². The molecule has 0 aliphatic rings. The Morgan fingerprint density at radius 1 is 0.920 bits per heavy atom. The average Bonchev–Trinajstić information content (AvgIpc) is 2.64.